The second kappa shape index (κ2) is 19.0. The van der Waals surface area contributed by atoms with Crippen molar-refractivity contribution in [2.45, 2.75) is 136 Å². The first-order valence-corrected chi connectivity index (χ1v) is 18.4. The van der Waals surface area contributed by atoms with Gasteiger partial charge in [0.25, 0.3) is 0 Å². The molecular weight excluding hydrogens is 668 g/mol. The van der Waals surface area contributed by atoms with E-state index in [1.54, 1.807) is 0 Å². The molecule has 0 saturated carbocycles. The van der Waals surface area contributed by atoms with Crippen molar-refractivity contribution in [2.24, 2.45) is 0 Å². The number of benzene rings is 2. The Morgan fingerprint density at radius 2 is 0.977 bits per heavy atom. The van der Waals surface area contributed by atoms with Crippen molar-refractivity contribution in [1.29, 1.82) is 0 Å². The second-order valence-corrected chi connectivity index (χ2v) is 14.1. The van der Waals surface area contributed by atoms with Gasteiger partial charge in [-0.3, -0.25) is 0 Å². The fourth-order valence-electron chi connectivity index (χ4n) is 6.34. The summed E-state index contributed by atoms with van der Waals surface area (Å²) < 4.78 is 26.6. The molecule has 0 heterocycles. The minimum absolute atomic E-state index is 0.0336. The van der Waals surface area contributed by atoms with Gasteiger partial charge in [-0.15, -0.1) is 0 Å². The zero-order valence-electron chi connectivity index (χ0n) is 27.6. The predicted molar refractivity (Wildman–Crippen MR) is 187 cm³/mol. The summed E-state index contributed by atoms with van der Waals surface area (Å²) in [5.74, 6) is 0. The van der Waals surface area contributed by atoms with Gasteiger partial charge in [0.15, 0.2) is 0 Å². The Morgan fingerprint density at radius 1 is 0.581 bits per heavy atom. The molecule has 242 valence electrons. The second-order valence-electron chi connectivity index (χ2n) is 12.2. The van der Waals surface area contributed by atoms with E-state index < -0.39 is 0 Å². The summed E-state index contributed by atoms with van der Waals surface area (Å²) in [7, 11) is 0. The van der Waals surface area contributed by atoms with Crippen molar-refractivity contribution in [1.82, 2.24) is 0 Å². The molecule has 0 fully saturated rings. The Kier molecular flexibility index (Phi) is 16.2. The van der Waals surface area contributed by atoms with Gasteiger partial charge in [-0.25, -0.2) is 0 Å². The third-order valence-corrected chi connectivity index (χ3v) is 10.3. The van der Waals surface area contributed by atoms with E-state index in [0.717, 1.165) is 73.2 Å². The van der Waals surface area contributed by atoms with Crippen LogP contribution in [0.5, 0.6) is 0 Å². The number of ether oxygens (including phenoxy) is 4. The van der Waals surface area contributed by atoms with E-state index >= 15 is 0 Å². The summed E-state index contributed by atoms with van der Waals surface area (Å²) in [5, 5.41) is 0. The minimum Gasteiger partial charge on any atom is -0.376 e. The molecule has 0 N–H and O–H groups in total. The van der Waals surface area contributed by atoms with Crippen LogP contribution in [-0.2, 0) is 24.4 Å². The van der Waals surface area contributed by atoms with Crippen molar-refractivity contribution < 1.29 is 18.9 Å². The molecule has 4 nitrogen and oxygen atoms in total. The van der Waals surface area contributed by atoms with Gasteiger partial charge >= 0.3 is 0 Å². The standard InChI is InChI=1S/C37H56Br2O4/c1-7-27(5)40-21-23-42-31(9-3)13-11-19-37(20-12-14-32(10-4)43-24-22-41-28(6)8-2)35-25-29(38)15-17-33(35)34-18-16-30(39)26-36(34)37/h15-18,25-28,31-32H,7-14,19-24H2,1-6H3. The highest BCUT2D eigenvalue weighted by atomic mass is 79.9. The number of halogens is 2. The zero-order chi connectivity index (χ0) is 31.2. The number of fused-ring (bicyclic) bond motifs is 3. The molecule has 3 rings (SSSR count). The summed E-state index contributed by atoms with van der Waals surface area (Å²) >= 11 is 7.62. The molecule has 1 aliphatic rings. The van der Waals surface area contributed by atoms with Gasteiger partial charge in [-0.2, -0.15) is 0 Å². The van der Waals surface area contributed by atoms with Crippen LogP contribution < -0.4 is 0 Å². The lowest BCUT2D eigenvalue weighted by molar-refractivity contribution is -0.0229. The highest BCUT2D eigenvalue weighted by molar-refractivity contribution is 9.10. The van der Waals surface area contributed by atoms with Crippen LogP contribution in [0.2, 0.25) is 0 Å². The normalized spacial score (nSPS) is 16.5. The Balaban J connectivity index is 1.74. The number of hydrogen-bond donors (Lipinski definition) is 0. The molecule has 0 aromatic heterocycles. The molecule has 0 spiro atoms. The molecule has 4 atom stereocenters. The van der Waals surface area contributed by atoms with E-state index in [4.69, 9.17) is 18.9 Å². The topological polar surface area (TPSA) is 36.9 Å². The summed E-state index contributed by atoms with van der Waals surface area (Å²) in [5.41, 5.74) is 5.64. The van der Waals surface area contributed by atoms with E-state index in [1.165, 1.54) is 22.3 Å². The minimum atomic E-state index is -0.0336. The van der Waals surface area contributed by atoms with Gasteiger partial charge in [-0.05, 0) is 125 Å². The fourth-order valence-corrected chi connectivity index (χ4v) is 7.06. The molecule has 6 heteroatoms. The third-order valence-electron chi connectivity index (χ3n) is 9.28. The lowest BCUT2D eigenvalue weighted by atomic mass is 9.70. The van der Waals surface area contributed by atoms with Gasteiger partial charge in [0.2, 0.25) is 0 Å². The molecule has 0 radical (unpaired) electrons. The van der Waals surface area contributed by atoms with Crippen molar-refractivity contribution in [3.63, 3.8) is 0 Å². The smallest absolute Gasteiger partial charge is 0.0704 e. The van der Waals surface area contributed by atoms with E-state index in [9.17, 15) is 0 Å². The van der Waals surface area contributed by atoms with E-state index in [0.29, 0.717) is 38.6 Å². The van der Waals surface area contributed by atoms with Crippen LogP contribution in [0.15, 0.2) is 45.3 Å². The van der Waals surface area contributed by atoms with E-state index in [2.05, 4.69) is 110 Å². The van der Waals surface area contributed by atoms with Gasteiger partial charge in [0.05, 0.1) is 50.8 Å². The van der Waals surface area contributed by atoms with Gasteiger partial charge in [0.1, 0.15) is 0 Å². The molecule has 0 bridgehead atoms. The highest BCUT2D eigenvalue weighted by Crippen LogP contribution is 2.55. The monoisotopic (exact) mass is 722 g/mol. The molecule has 2 aromatic rings. The van der Waals surface area contributed by atoms with E-state index in [1.807, 2.05) is 0 Å². The van der Waals surface area contributed by atoms with Crippen molar-refractivity contribution in [3.05, 3.63) is 56.5 Å². The largest absolute Gasteiger partial charge is 0.376 e. The maximum Gasteiger partial charge on any atom is 0.0704 e. The molecule has 1 aliphatic carbocycles. The molecule has 0 amide bonds. The van der Waals surface area contributed by atoms with Crippen LogP contribution in [-0.4, -0.2) is 50.8 Å². The maximum atomic E-state index is 6.29. The highest BCUT2D eigenvalue weighted by Gasteiger charge is 2.42. The Bertz CT molecular complexity index is 1000. The summed E-state index contributed by atoms with van der Waals surface area (Å²) in [6, 6.07) is 13.7. The molecule has 4 unspecified atom stereocenters. The molecule has 2 aromatic carbocycles. The maximum absolute atomic E-state index is 6.29. The number of rotatable bonds is 22. The van der Waals surface area contributed by atoms with Crippen LogP contribution in [0.4, 0.5) is 0 Å². The lowest BCUT2D eigenvalue weighted by Gasteiger charge is -2.34. The average Bonchev–Trinajstić information content (AvgIpc) is 3.26. The van der Waals surface area contributed by atoms with Crippen LogP contribution in [0, 0.1) is 0 Å². The summed E-state index contributed by atoms with van der Waals surface area (Å²) in [6.07, 6.45) is 11.8. The molecule has 0 saturated heterocycles. The van der Waals surface area contributed by atoms with E-state index in [-0.39, 0.29) is 17.6 Å². The van der Waals surface area contributed by atoms with Crippen molar-refractivity contribution in [2.75, 3.05) is 26.4 Å². The average molecular weight is 725 g/mol. The quantitative estimate of drug-likeness (QED) is 0.113. The van der Waals surface area contributed by atoms with Crippen molar-refractivity contribution in [3.8, 4) is 11.1 Å². The Labute approximate surface area is 279 Å². The van der Waals surface area contributed by atoms with Crippen LogP contribution in [0.25, 0.3) is 11.1 Å². The van der Waals surface area contributed by atoms with Crippen LogP contribution in [0.1, 0.15) is 117 Å². The summed E-state index contributed by atoms with van der Waals surface area (Å²) in [6.45, 7) is 15.7. The molecular formula is C37H56Br2O4. The molecule has 43 heavy (non-hydrogen) atoms. The summed E-state index contributed by atoms with van der Waals surface area (Å²) in [4.78, 5) is 0. The van der Waals surface area contributed by atoms with Crippen molar-refractivity contribution >= 4 is 31.9 Å². The van der Waals surface area contributed by atoms with Gasteiger partial charge < -0.3 is 18.9 Å². The fraction of sp³-hybridized carbons (Fsp3) is 0.676. The first-order valence-electron chi connectivity index (χ1n) is 16.8. The first-order chi connectivity index (χ1) is 20.8. The predicted octanol–water partition coefficient (Wildman–Crippen LogP) is 11.0. The first kappa shape index (κ1) is 36.7. The lowest BCUT2D eigenvalue weighted by Crippen LogP contribution is -2.27. The Hall–Kier alpha value is -0.760. The molecule has 0 aliphatic heterocycles. The zero-order valence-corrected chi connectivity index (χ0v) is 30.7. The van der Waals surface area contributed by atoms with Crippen LogP contribution in [0.3, 0.4) is 0 Å². The number of hydrogen-bond acceptors (Lipinski definition) is 4. The van der Waals surface area contributed by atoms with Gasteiger partial charge in [0, 0.05) is 14.4 Å². The SMILES string of the molecule is CCC(C)OCCOC(CC)CCCC1(CCCC(CC)OCCOC(C)CC)c2cc(Br)ccc2-c2ccc(Br)cc21. The van der Waals surface area contributed by atoms with Crippen LogP contribution >= 0.6 is 31.9 Å². The Morgan fingerprint density at radius 3 is 1.35 bits per heavy atom. The van der Waals surface area contributed by atoms with Gasteiger partial charge in [-0.1, -0.05) is 71.7 Å². The third kappa shape index (κ3) is 10.6.